The molecule has 0 aliphatic rings. The average molecular weight is 271 g/mol. The van der Waals surface area contributed by atoms with Gasteiger partial charge in [0.25, 0.3) is 0 Å². The van der Waals surface area contributed by atoms with E-state index in [4.69, 9.17) is 16.7 Å². The number of carboxylic acid groups (broad SMARTS) is 1. The summed E-state index contributed by atoms with van der Waals surface area (Å²) < 4.78 is 0. The SMILES string of the molecule is C[C@@H](NCCC(=O)Nc1ccccc1Cl)C(=O)O. The Labute approximate surface area is 110 Å². The molecule has 98 valence electrons. The Morgan fingerprint density at radius 3 is 2.67 bits per heavy atom. The molecule has 1 amide bonds. The van der Waals surface area contributed by atoms with Crippen molar-refractivity contribution >= 4 is 29.2 Å². The molecule has 0 spiro atoms. The van der Waals surface area contributed by atoms with Crippen LogP contribution in [-0.2, 0) is 9.59 Å². The Morgan fingerprint density at radius 2 is 2.06 bits per heavy atom. The molecule has 0 aliphatic carbocycles. The van der Waals surface area contributed by atoms with Crippen molar-refractivity contribution in [3.8, 4) is 0 Å². The lowest BCUT2D eigenvalue weighted by molar-refractivity contribution is -0.139. The summed E-state index contributed by atoms with van der Waals surface area (Å²) in [5, 5.41) is 14.5. The van der Waals surface area contributed by atoms with Crippen LogP contribution in [0.1, 0.15) is 13.3 Å². The minimum absolute atomic E-state index is 0.183. The van der Waals surface area contributed by atoms with E-state index in [2.05, 4.69) is 10.6 Å². The second-order valence-corrected chi connectivity index (χ2v) is 4.20. The van der Waals surface area contributed by atoms with E-state index in [-0.39, 0.29) is 12.3 Å². The molecule has 0 saturated heterocycles. The zero-order valence-electron chi connectivity index (χ0n) is 9.94. The number of anilines is 1. The smallest absolute Gasteiger partial charge is 0.320 e. The lowest BCUT2D eigenvalue weighted by atomic mass is 10.3. The molecule has 0 aliphatic heterocycles. The number of benzene rings is 1. The summed E-state index contributed by atoms with van der Waals surface area (Å²) in [6.07, 6.45) is 0.183. The molecule has 0 unspecified atom stereocenters. The number of carboxylic acids is 1. The van der Waals surface area contributed by atoms with Crippen LogP contribution < -0.4 is 10.6 Å². The number of halogens is 1. The van der Waals surface area contributed by atoms with E-state index < -0.39 is 12.0 Å². The third kappa shape index (κ3) is 4.73. The predicted octanol–water partition coefficient (Wildman–Crippen LogP) is 1.73. The highest BCUT2D eigenvalue weighted by atomic mass is 35.5. The fraction of sp³-hybridized carbons (Fsp3) is 0.333. The maximum absolute atomic E-state index is 11.6. The Bertz CT molecular complexity index is 437. The molecule has 0 bridgehead atoms. The van der Waals surface area contributed by atoms with Crippen LogP contribution in [0.15, 0.2) is 24.3 Å². The lowest BCUT2D eigenvalue weighted by Gasteiger charge is -2.09. The van der Waals surface area contributed by atoms with E-state index in [0.717, 1.165) is 0 Å². The third-order valence-electron chi connectivity index (χ3n) is 2.32. The molecule has 6 heteroatoms. The van der Waals surface area contributed by atoms with E-state index in [9.17, 15) is 9.59 Å². The van der Waals surface area contributed by atoms with Crippen LogP contribution in [-0.4, -0.2) is 29.6 Å². The second-order valence-electron chi connectivity index (χ2n) is 3.79. The first kappa shape index (κ1) is 14.5. The largest absolute Gasteiger partial charge is 0.480 e. The van der Waals surface area contributed by atoms with Gasteiger partial charge in [-0.15, -0.1) is 0 Å². The van der Waals surface area contributed by atoms with Gasteiger partial charge in [0.15, 0.2) is 0 Å². The van der Waals surface area contributed by atoms with Crippen molar-refractivity contribution in [3.05, 3.63) is 29.3 Å². The van der Waals surface area contributed by atoms with E-state index in [1.54, 1.807) is 24.3 Å². The van der Waals surface area contributed by atoms with Gasteiger partial charge >= 0.3 is 5.97 Å². The molecular formula is C12H15ClN2O3. The summed E-state index contributed by atoms with van der Waals surface area (Å²) in [4.78, 5) is 22.1. The number of carbonyl (C=O) groups is 2. The zero-order valence-corrected chi connectivity index (χ0v) is 10.7. The topological polar surface area (TPSA) is 78.4 Å². The number of para-hydroxylation sites is 1. The highest BCUT2D eigenvalue weighted by Gasteiger charge is 2.10. The number of rotatable bonds is 6. The number of aliphatic carboxylic acids is 1. The van der Waals surface area contributed by atoms with Crippen LogP contribution in [0.5, 0.6) is 0 Å². The standard InChI is InChI=1S/C12H15ClN2O3/c1-8(12(17)18)14-7-6-11(16)15-10-5-3-2-4-9(10)13/h2-5,8,14H,6-7H2,1H3,(H,15,16)(H,17,18)/t8-/m1/s1. The number of carbonyl (C=O) groups excluding carboxylic acids is 1. The van der Waals surface area contributed by atoms with Crippen LogP contribution in [0.3, 0.4) is 0 Å². The third-order valence-corrected chi connectivity index (χ3v) is 2.65. The Balaban J connectivity index is 2.35. The molecule has 0 saturated carbocycles. The Morgan fingerprint density at radius 1 is 1.39 bits per heavy atom. The maximum atomic E-state index is 11.6. The van der Waals surface area contributed by atoms with Gasteiger partial charge in [0.05, 0.1) is 10.7 Å². The molecule has 0 fully saturated rings. The predicted molar refractivity (Wildman–Crippen MR) is 69.8 cm³/mol. The molecule has 1 atom stereocenters. The van der Waals surface area contributed by atoms with E-state index >= 15 is 0 Å². The Kier molecular flexibility index (Phi) is 5.61. The van der Waals surface area contributed by atoms with Gasteiger partial charge in [-0.1, -0.05) is 23.7 Å². The molecule has 1 aromatic carbocycles. The first-order chi connectivity index (χ1) is 8.50. The van der Waals surface area contributed by atoms with Gasteiger partial charge in [0.2, 0.25) is 5.91 Å². The molecule has 3 N–H and O–H groups in total. The maximum Gasteiger partial charge on any atom is 0.320 e. The summed E-state index contributed by atoms with van der Waals surface area (Å²) in [7, 11) is 0. The number of hydrogen-bond acceptors (Lipinski definition) is 3. The fourth-order valence-corrected chi connectivity index (χ4v) is 1.45. The molecule has 1 aromatic rings. The van der Waals surface area contributed by atoms with Crippen LogP contribution in [0.25, 0.3) is 0 Å². The van der Waals surface area contributed by atoms with Crippen LogP contribution in [0.2, 0.25) is 5.02 Å². The molecule has 0 heterocycles. The zero-order chi connectivity index (χ0) is 13.5. The normalized spacial score (nSPS) is 11.9. The van der Waals surface area contributed by atoms with Crippen molar-refractivity contribution in [3.63, 3.8) is 0 Å². The first-order valence-electron chi connectivity index (χ1n) is 5.51. The molecule has 0 radical (unpaired) electrons. The minimum Gasteiger partial charge on any atom is -0.480 e. The van der Waals surface area contributed by atoms with E-state index in [1.165, 1.54) is 6.92 Å². The second kappa shape index (κ2) is 6.98. The quantitative estimate of drug-likeness (QED) is 0.736. The first-order valence-corrected chi connectivity index (χ1v) is 5.89. The van der Waals surface area contributed by atoms with E-state index in [0.29, 0.717) is 17.3 Å². The van der Waals surface area contributed by atoms with E-state index in [1.807, 2.05) is 0 Å². The number of amides is 1. The van der Waals surface area contributed by atoms with Gasteiger partial charge in [-0.2, -0.15) is 0 Å². The highest BCUT2D eigenvalue weighted by Crippen LogP contribution is 2.20. The highest BCUT2D eigenvalue weighted by molar-refractivity contribution is 6.33. The molecule has 5 nitrogen and oxygen atoms in total. The van der Waals surface area contributed by atoms with Crippen molar-refractivity contribution in [2.75, 3.05) is 11.9 Å². The van der Waals surface area contributed by atoms with Crippen molar-refractivity contribution in [1.82, 2.24) is 5.32 Å². The van der Waals surface area contributed by atoms with Crippen LogP contribution in [0.4, 0.5) is 5.69 Å². The summed E-state index contributed by atoms with van der Waals surface area (Å²) in [5.41, 5.74) is 0.551. The van der Waals surface area contributed by atoms with Crippen molar-refractivity contribution in [2.24, 2.45) is 0 Å². The monoisotopic (exact) mass is 270 g/mol. The minimum atomic E-state index is -0.943. The number of hydrogen-bond donors (Lipinski definition) is 3. The molecule has 18 heavy (non-hydrogen) atoms. The Hall–Kier alpha value is -1.59. The molecular weight excluding hydrogens is 256 g/mol. The summed E-state index contributed by atoms with van der Waals surface area (Å²) in [5.74, 6) is -1.16. The molecule has 1 rings (SSSR count). The van der Waals surface area contributed by atoms with Gasteiger partial charge < -0.3 is 15.7 Å². The number of nitrogens with one attached hydrogen (secondary N) is 2. The van der Waals surface area contributed by atoms with Crippen molar-refractivity contribution in [1.29, 1.82) is 0 Å². The van der Waals surface area contributed by atoms with Crippen molar-refractivity contribution in [2.45, 2.75) is 19.4 Å². The summed E-state index contributed by atoms with van der Waals surface area (Å²) in [6, 6.07) is 6.26. The summed E-state index contributed by atoms with van der Waals surface area (Å²) >= 11 is 5.89. The van der Waals surface area contributed by atoms with Gasteiger partial charge in [0.1, 0.15) is 6.04 Å². The van der Waals surface area contributed by atoms with Crippen molar-refractivity contribution < 1.29 is 14.7 Å². The van der Waals surface area contributed by atoms with Gasteiger partial charge in [0, 0.05) is 13.0 Å². The fourth-order valence-electron chi connectivity index (χ4n) is 1.26. The van der Waals surface area contributed by atoms with Gasteiger partial charge in [-0.05, 0) is 19.1 Å². The summed E-state index contributed by atoms with van der Waals surface area (Å²) in [6.45, 7) is 1.82. The van der Waals surface area contributed by atoms with Gasteiger partial charge in [-0.25, -0.2) is 0 Å². The molecule has 0 aromatic heterocycles. The van der Waals surface area contributed by atoms with Crippen LogP contribution in [0, 0.1) is 0 Å². The van der Waals surface area contributed by atoms with Gasteiger partial charge in [-0.3, -0.25) is 9.59 Å². The van der Waals surface area contributed by atoms with Crippen LogP contribution >= 0.6 is 11.6 Å². The lowest BCUT2D eigenvalue weighted by Crippen LogP contribution is -2.35. The average Bonchev–Trinajstić information content (AvgIpc) is 2.32.